The highest BCUT2D eigenvalue weighted by Gasteiger charge is 2.22. The molecule has 1 fully saturated rings. The van der Waals surface area contributed by atoms with Crippen molar-refractivity contribution >= 4 is 5.69 Å². The summed E-state index contributed by atoms with van der Waals surface area (Å²) >= 11 is 0. The van der Waals surface area contributed by atoms with Crippen LogP contribution in [0.3, 0.4) is 0 Å². The largest absolute Gasteiger partial charge is 0.495 e. The number of nitrogens with one attached hydrogen (secondary N) is 1. The summed E-state index contributed by atoms with van der Waals surface area (Å²) in [6, 6.07) is 19.3. The van der Waals surface area contributed by atoms with Gasteiger partial charge in [-0.1, -0.05) is 42.5 Å². The molecule has 0 aromatic heterocycles. The molecule has 0 saturated carbocycles. The van der Waals surface area contributed by atoms with Crippen LogP contribution in [0.25, 0.3) is 0 Å². The molecule has 110 valence electrons. The topological polar surface area (TPSA) is 24.5 Å². The van der Waals surface area contributed by atoms with Gasteiger partial charge in [0, 0.05) is 25.7 Å². The number of rotatable bonds is 5. The highest BCUT2D eigenvalue weighted by Crippen LogP contribution is 2.26. The van der Waals surface area contributed by atoms with Crippen LogP contribution >= 0.6 is 0 Å². The number of anilines is 1. The van der Waals surface area contributed by atoms with Gasteiger partial charge in [-0.2, -0.15) is 0 Å². The Morgan fingerprint density at radius 3 is 2.67 bits per heavy atom. The molecule has 1 heterocycles. The van der Waals surface area contributed by atoms with Gasteiger partial charge in [0.1, 0.15) is 5.75 Å². The van der Waals surface area contributed by atoms with Crippen molar-refractivity contribution in [2.75, 3.05) is 25.5 Å². The monoisotopic (exact) mass is 282 g/mol. The third-order valence-corrected chi connectivity index (χ3v) is 3.99. The van der Waals surface area contributed by atoms with Crippen molar-refractivity contribution in [3.05, 3.63) is 60.2 Å². The van der Waals surface area contributed by atoms with Crippen LogP contribution in [0.15, 0.2) is 54.6 Å². The van der Waals surface area contributed by atoms with E-state index in [4.69, 9.17) is 4.74 Å². The van der Waals surface area contributed by atoms with Gasteiger partial charge in [0.05, 0.1) is 12.8 Å². The van der Waals surface area contributed by atoms with E-state index in [9.17, 15) is 0 Å². The fraction of sp³-hybridized carbons (Fsp3) is 0.333. The quantitative estimate of drug-likeness (QED) is 0.910. The van der Waals surface area contributed by atoms with E-state index in [0.29, 0.717) is 6.04 Å². The second kappa shape index (κ2) is 6.64. The van der Waals surface area contributed by atoms with E-state index >= 15 is 0 Å². The Labute approximate surface area is 126 Å². The van der Waals surface area contributed by atoms with E-state index in [-0.39, 0.29) is 0 Å². The first-order valence-electron chi connectivity index (χ1n) is 7.51. The molecule has 1 aliphatic rings. The van der Waals surface area contributed by atoms with Gasteiger partial charge in [0.2, 0.25) is 0 Å². The van der Waals surface area contributed by atoms with Crippen LogP contribution in [0.2, 0.25) is 0 Å². The summed E-state index contributed by atoms with van der Waals surface area (Å²) in [7, 11) is 1.72. The molecule has 1 unspecified atom stereocenters. The van der Waals surface area contributed by atoms with Crippen molar-refractivity contribution in [2.45, 2.75) is 19.0 Å². The zero-order chi connectivity index (χ0) is 14.5. The molecule has 3 heteroatoms. The summed E-state index contributed by atoms with van der Waals surface area (Å²) in [6.45, 7) is 3.25. The molecule has 0 aliphatic carbocycles. The van der Waals surface area contributed by atoms with Gasteiger partial charge < -0.3 is 10.1 Å². The van der Waals surface area contributed by atoms with Gasteiger partial charge in [-0.05, 0) is 24.1 Å². The van der Waals surface area contributed by atoms with E-state index in [0.717, 1.165) is 31.1 Å². The summed E-state index contributed by atoms with van der Waals surface area (Å²) in [6.07, 6.45) is 1.17. The van der Waals surface area contributed by atoms with E-state index in [1.165, 1.54) is 12.0 Å². The summed E-state index contributed by atoms with van der Waals surface area (Å²) in [4.78, 5) is 2.50. The standard InChI is InChI=1S/C18H22N2O/c1-21-18-10-6-5-9-17(18)19-16-11-12-20(14-16)13-15-7-3-2-4-8-15/h2-10,16,19H,11-14H2,1H3. The molecule has 1 saturated heterocycles. The second-order valence-corrected chi connectivity index (χ2v) is 5.55. The Hall–Kier alpha value is -2.00. The number of benzene rings is 2. The molecule has 2 aromatic rings. The minimum atomic E-state index is 0.491. The summed E-state index contributed by atoms with van der Waals surface area (Å²) in [5.41, 5.74) is 2.47. The zero-order valence-electron chi connectivity index (χ0n) is 12.5. The van der Waals surface area contributed by atoms with Crippen molar-refractivity contribution in [2.24, 2.45) is 0 Å². The summed E-state index contributed by atoms with van der Waals surface area (Å²) in [5, 5.41) is 3.61. The number of likely N-dealkylation sites (tertiary alicyclic amines) is 1. The zero-order valence-corrected chi connectivity index (χ0v) is 12.5. The van der Waals surface area contributed by atoms with E-state index in [1.54, 1.807) is 7.11 Å². The molecule has 1 atom stereocenters. The molecule has 2 aromatic carbocycles. The van der Waals surface area contributed by atoms with Crippen molar-refractivity contribution in [1.82, 2.24) is 4.90 Å². The molecule has 0 amide bonds. The average molecular weight is 282 g/mol. The van der Waals surface area contributed by atoms with Crippen LogP contribution in [-0.2, 0) is 6.54 Å². The molecule has 0 bridgehead atoms. The smallest absolute Gasteiger partial charge is 0.141 e. The van der Waals surface area contributed by atoms with E-state index in [1.807, 2.05) is 18.2 Å². The lowest BCUT2D eigenvalue weighted by atomic mass is 10.2. The average Bonchev–Trinajstić information content (AvgIpc) is 2.96. The summed E-state index contributed by atoms with van der Waals surface area (Å²) < 4.78 is 5.40. The second-order valence-electron chi connectivity index (χ2n) is 5.55. The van der Waals surface area contributed by atoms with Crippen molar-refractivity contribution in [3.63, 3.8) is 0 Å². The molecule has 3 nitrogen and oxygen atoms in total. The van der Waals surface area contributed by atoms with Crippen molar-refractivity contribution < 1.29 is 4.74 Å². The first kappa shape index (κ1) is 14.0. The van der Waals surface area contributed by atoms with Gasteiger partial charge in [-0.25, -0.2) is 0 Å². The van der Waals surface area contributed by atoms with Gasteiger partial charge >= 0.3 is 0 Å². The van der Waals surface area contributed by atoms with Gasteiger partial charge in [-0.15, -0.1) is 0 Å². The first-order valence-corrected chi connectivity index (χ1v) is 7.51. The number of ether oxygens (including phenoxy) is 1. The first-order chi connectivity index (χ1) is 10.3. The highest BCUT2D eigenvalue weighted by atomic mass is 16.5. The third-order valence-electron chi connectivity index (χ3n) is 3.99. The number of nitrogens with zero attached hydrogens (tertiary/aromatic N) is 1. The van der Waals surface area contributed by atoms with Crippen LogP contribution in [0.4, 0.5) is 5.69 Å². The van der Waals surface area contributed by atoms with Gasteiger partial charge in [0.15, 0.2) is 0 Å². The molecule has 3 rings (SSSR count). The Morgan fingerprint density at radius 1 is 1.10 bits per heavy atom. The molecule has 21 heavy (non-hydrogen) atoms. The van der Waals surface area contributed by atoms with Crippen molar-refractivity contribution in [3.8, 4) is 5.75 Å². The maximum absolute atomic E-state index is 5.40. The minimum Gasteiger partial charge on any atom is -0.495 e. The lowest BCUT2D eigenvalue weighted by Gasteiger charge is -2.18. The van der Waals surface area contributed by atoms with Crippen LogP contribution in [-0.4, -0.2) is 31.1 Å². The molecule has 1 aliphatic heterocycles. The van der Waals surface area contributed by atoms with Crippen LogP contribution in [0, 0.1) is 0 Å². The SMILES string of the molecule is COc1ccccc1NC1CCN(Cc2ccccc2)C1. The lowest BCUT2D eigenvalue weighted by molar-refractivity contribution is 0.328. The maximum Gasteiger partial charge on any atom is 0.141 e. The highest BCUT2D eigenvalue weighted by molar-refractivity contribution is 5.56. The van der Waals surface area contributed by atoms with Crippen molar-refractivity contribution in [1.29, 1.82) is 0 Å². The van der Waals surface area contributed by atoms with Gasteiger partial charge in [-0.3, -0.25) is 4.90 Å². The molecular weight excluding hydrogens is 260 g/mol. The Kier molecular flexibility index (Phi) is 4.41. The summed E-state index contributed by atoms with van der Waals surface area (Å²) in [5.74, 6) is 0.916. The van der Waals surface area contributed by atoms with Crippen LogP contribution in [0.1, 0.15) is 12.0 Å². The molecule has 0 spiro atoms. The normalized spacial score (nSPS) is 18.6. The van der Waals surface area contributed by atoms with E-state index in [2.05, 4.69) is 46.6 Å². The fourth-order valence-electron chi connectivity index (χ4n) is 2.92. The number of methoxy groups -OCH3 is 1. The Bertz CT molecular complexity index is 570. The number of hydrogen-bond donors (Lipinski definition) is 1. The third kappa shape index (κ3) is 3.56. The predicted molar refractivity (Wildman–Crippen MR) is 86.7 cm³/mol. The fourth-order valence-corrected chi connectivity index (χ4v) is 2.92. The Morgan fingerprint density at radius 2 is 1.86 bits per heavy atom. The molecule has 1 N–H and O–H groups in total. The number of para-hydroxylation sites is 2. The molecular formula is C18H22N2O. The maximum atomic E-state index is 5.40. The predicted octanol–water partition coefficient (Wildman–Crippen LogP) is 3.38. The van der Waals surface area contributed by atoms with Gasteiger partial charge in [0.25, 0.3) is 0 Å². The lowest BCUT2D eigenvalue weighted by Crippen LogP contribution is -2.26. The van der Waals surface area contributed by atoms with E-state index < -0.39 is 0 Å². The van der Waals surface area contributed by atoms with Crippen LogP contribution < -0.4 is 10.1 Å². The Balaban J connectivity index is 1.57. The molecule has 0 radical (unpaired) electrons. The van der Waals surface area contributed by atoms with Crippen LogP contribution in [0.5, 0.6) is 5.75 Å². The minimum absolute atomic E-state index is 0.491. The number of hydrogen-bond acceptors (Lipinski definition) is 3.